The summed E-state index contributed by atoms with van der Waals surface area (Å²) < 4.78 is 0. The van der Waals surface area contributed by atoms with Gasteiger partial charge in [0.2, 0.25) is 5.91 Å². The Kier molecular flexibility index (Phi) is 3.29. The molecule has 2 N–H and O–H groups in total. The average Bonchev–Trinajstić information content (AvgIpc) is 2.59. The van der Waals surface area contributed by atoms with E-state index in [1.807, 2.05) is 4.90 Å². The van der Waals surface area contributed by atoms with Crippen LogP contribution in [-0.2, 0) is 4.79 Å². The first-order valence-electron chi connectivity index (χ1n) is 6.18. The summed E-state index contributed by atoms with van der Waals surface area (Å²) in [6.45, 7) is 4.38. The van der Waals surface area contributed by atoms with E-state index in [0.29, 0.717) is 11.8 Å². The Morgan fingerprint density at radius 1 is 1.40 bits per heavy atom. The highest BCUT2D eigenvalue weighted by Gasteiger charge is 2.36. The highest BCUT2D eigenvalue weighted by atomic mass is 16.2. The maximum absolute atomic E-state index is 11.3. The van der Waals surface area contributed by atoms with E-state index >= 15 is 0 Å². The standard InChI is InChI=1S/C12H22N2O/c1-9(15)14-6-5-11(8-14)12(7-13)10-3-2-4-10/h10-12H,2-8,13H2,1H3. The van der Waals surface area contributed by atoms with Crippen molar-refractivity contribution in [2.75, 3.05) is 19.6 Å². The van der Waals surface area contributed by atoms with E-state index in [1.54, 1.807) is 6.92 Å². The van der Waals surface area contributed by atoms with Crippen LogP contribution >= 0.6 is 0 Å². The first-order chi connectivity index (χ1) is 7.22. The second-order valence-corrected chi connectivity index (χ2v) is 5.10. The minimum atomic E-state index is 0.224. The topological polar surface area (TPSA) is 46.3 Å². The summed E-state index contributed by atoms with van der Waals surface area (Å²) in [5.41, 5.74) is 5.88. The number of nitrogens with zero attached hydrogens (tertiary/aromatic N) is 1. The Morgan fingerprint density at radius 3 is 2.53 bits per heavy atom. The number of carbonyl (C=O) groups excluding carboxylic acids is 1. The summed E-state index contributed by atoms with van der Waals surface area (Å²) >= 11 is 0. The van der Waals surface area contributed by atoms with Crippen molar-refractivity contribution >= 4 is 5.91 Å². The van der Waals surface area contributed by atoms with Crippen LogP contribution in [0, 0.1) is 17.8 Å². The molecule has 0 aromatic heterocycles. The summed E-state index contributed by atoms with van der Waals surface area (Å²) in [6.07, 6.45) is 5.26. The third kappa shape index (κ3) is 2.17. The summed E-state index contributed by atoms with van der Waals surface area (Å²) in [4.78, 5) is 13.2. The molecule has 1 saturated carbocycles. The number of hydrogen-bond acceptors (Lipinski definition) is 2. The fourth-order valence-corrected chi connectivity index (χ4v) is 3.06. The van der Waals surface area contributed by atoms with E-state index in [-0.39, 0.29) is 5.91 Å². The van der Waals surface area contributed by atoms with E-state index in [9.17, 15) is 4.79 Å². The number of carbonyl (C=O) groups is 1. The van der Waals surface area contributed by atoms with Gasteiger partial charge in [-0.2, -0.15) is 0 Å². The monoisotopic (exact) mass is 210 g/mol. The Morgan fingerprint density at radius 2 is 2.13 bits per heavy atom. The zero-order chi connectivity index (χ0) is 10.8. The van der Waals surface area contributed by atoms with Gasteiger partial charge in [0.15, 0.2) is 0 Å². The van der Waals surface area contributed by atoms with E-state index in [4.69, 9.17) is 5.73 Å². The molecule has 0 radical (unpaired) electrons. The minimum absolute atomic E-state index is 0.224. The number of likely N-dealkylation sites (tertiary alicyclic amines) is 1. The van der Waals surface area contributed by atoms with Crippen molar-refractivity contribution in [3.05, 3.63) is 0 Å². The molecule has 2 rings (SSSR count). The lowest BCUT2D eigenvalue weighted by Crippen LogP contribution is -2.36. The molecule has 86 valence electrons. The Labute approximate surface area is 92.0 Å². The van der Waals surface area contributed by atoms with Crippen LogP contribution in [-0.4, -0.2) is 30.4 Å². The Balaban J connectivity index is 1.89. The molecule has 1 aliphatic carbocycles. The second kappa shape index (κ2) is 4.52. The van der Waals surface area contributed by atoms with E-state index < -0.39 is 0 Å². The second-order valence-electron chi connectivity index (χ2n) is 5.10. The van der Waals surface area contributed by atoms with Gasteiger partial charge in [-0.3, -0.25) is 4.79 Å². The van der Waals surface area contributed by atoms with Crippen LogP contribution in [0.2, 0.25) is 0 Å². The molecule has 3 heteroatoms. The highest BCUT2D eigenvalue weighted by molar-refractivity contribution is 5.73. The van der Waals surface area contributed by atoms with Crippen molar-refractivity contribution < 1.29 is 4.79 Å². The Bertz CT molecular complexity index is 238. The fourth-order valence-electron chi connectivity index (χ4n) is 3.06. The molecule has 0 aromatic carbocycles. The van der Waals surface area contributed by atoms with Gasteiger partial charge in [0.1, 0.15) is 0 Å². The van der Waals surface area contributed by atoms with Crippen LogP contribution in [0.15, 0.2) is 0 Å². The summed E-state index contributed by atoms with van der Waals surface area (Å²) in [6, 6.07) is 0. The van der Waals surface area contributed by atoms with Crippen LogP contribution in [0.3, 0.4) is 0 Å². The lowest BCUT2D eigenvalue weighted by molar-refractivity contribution is -0.128. The van der Waals surface area contributed by atoms with E-state index in [2.05, 4.69) is 0 Å². The molecular weight excluding hydrogens is 188 g/mol. The van der Waals surface area contributed by atoms with Gasteiger partial charge in [0.25, 0.3) is 0 Å². The third-order valence-electron chi connectivity index (χ3n) is 4.30. The maximum Gasteiger partial charge on any atom is 0.219 e. The van der Waals surface area contributed by atoms with Crippen LogP contribution in [0.4, 0.5) is 0 Å². The lowest BCUT2D eigenvalue weighted by atomic mass is 9.70. The predicted octanol–water partition coefficient (Wildman–Crippen LogP) is 1.23. The van der Waals surface area contributed by atoms with Gasteiger partial charge in [-0.15, -0.1) is 0 Å². The third-order valence-corrected chi connectivity index (χ3v) is 4.30. The number of nitrogens with two attached hydrogens (primary N) is 1. The van der Waals surface area contributed by atoms with Crippen molar-refractivity contribution in [3.8, 4) is 0 Å². The molecule has 0 bridgehead atoms. The zero-order valence-electron chi connectivity index (χ0n) is 9.61. The van der Waals surface area contributed by atoms with Crippen molar-refractivity contribution in [1.29, 1.82) is 0 Å². The maximum atomic E-state index is 11.3. The quantitative estimate of drug-likeness (QED) is 0.761. The van der Waals surface area contributed by atoms with Gasteiger partial charge in [-0.05, 0) is 30.7 Å². The molecule has 1 saturated heterocycles. The largest absolute Gasteiger partial charge is 0.343 e. The molecule has 15 heavy (non-hydrogen) atoms. The molecule has 2 unspecified atom stereocenters. The number of hydrogen-bond donors (Lipinski definition) is 1. The molecule has 0 spiro atoms. The molecule has 1 aliphatic heterocycles. The molecule has 1 heterocycles. The van der Waals surface area contributed by atoms with Gasteiger partial charge in [-0.1, -0.05) is 19.3 Å². The molecule has 1 amide bonds. The number of rotatable bonds is 3. The van der Waals surface area contributed by atoms with E-state index in [1.165, 1.54) is 19.3 Å². The summed E-state index contributed by atoms with van der Waals surface area (Å²) in [5.74, 6) is 2.42. The summed E-state index contributed by atoms with van der Waals surface area (Å²) in [7, 11) is 0. The molecule has 3 nitrogen and oxygen atoms in total. The van der Waals surface area contributed by atoms with E-state index in [0.717, 1.165) is 32.0 Å². The van der Waals surface area contributed by atoms with Crippen LogP contribution in [0.1, 0.15) is 32.6 Å². The van der Waals surface area contributed by atoms with Gasteiger partial charge in [0.05, 0.1) is 0 Å². The molecule has 2 aliphatic rings. The van der Waals surface area contributed by atoms with Crippen molar-refractivity contribution in [2.24, 2.45) is 23.5 Å². The van der Waals surface area contributed by atoms with Crippen LogP contribution in [0.5, 0.6) is 0 Å². The minimum Gasteiger partial charge on any atom is -0.343 e. The first-order valence-corrected chi connectivity index (χ1v) is 6.18. The molecular formula is C12H22N2O. The normalized spacial score (nSPS) is 28.9. The Hall–Kier alpha value is -0.570. The number of amides is 1. The average molecular weight is 210 g/mol. The first kappa shape index (κ1) is 10.9. The predicted molar refractivity (Wildman–Crippen MR) is 60.2 cm³/mol. The van der Waals surface area contributed by atoms with Crippen LogP contribution in [0.25, 0.3) is 0 Å². The lowest BCUT2D eigenvalue weighted by Gasteiger charge is -2.36. The van der Waals surface area contributed by atoms with Crippen molar-refractivity contribution in [3.63, 3.8) is 0 Å². The molecule has 0 aromatic rings. The van der Waals surface area contributed by atoms with Gasteiger partial charge < -0.3 is 10.6 Å². The van der Waals surface area contributed by atoms with Gasteiger partial charge >= 0.3 is 0 Å². The van der Waals surface area contributed by atoms with Crippen LogP contribution < -0.4 is 5.73 Å². The van der Waals surface area contributed by atoms with Gasteiger partial charge in [0, 0.05) is 20.0 Å². The molecule has 2 fully saturated rings. The zero-order valence-corrected chi connectivity index (χ0v) is 9.61. The van der Waals surface area contributed by atoms with Crippen molar-refractivity contribution in [2.45, 2.75) is 32.6 Å². The highest BCUT2D eigenvalue weighted by Crippen LogP contribution is 2.39. The smallest absolute Gasteiger partial charge is 0.219 e. The fraction of sp³-hybridized carbons (Fsp3) is 0.917. The van der Waals surface area contributed by atoms with Crippen molar-refractivity contribution in [1.82, 2.24) is 4.90 Å². The molecule has 2 atom stereocenters. The summed E-state index contributed by atoms with van der Waals surface area (Å²) in [5, 5.41) is 0. The van der Waals surface area contributed by atoms with Gasteiger partial charge in [-0.25, -0.2) is 0 Å². The SMILES string of the molecule is CC(=O)N1CCC(C(CN)C2CCC2)C1.